The van der Waals surface area contributed by atoms with Gasteiger partial charge in [0.2, 0.25) is 0 Å². The van der Waals surface area contributed by atoms with Crippen molar-refractivity contribution in [1.29, 1.82) is 0 Å². The third kappa shape index (κ3) is 4.28. The zero-order valence-electron chi connectivity index (χ0n) is 14.0. The maximum Gasteiger partial charge on any atom is 0.338 e. The van der Waals surface area contributed by atoms with Gasteiger partial charge in [-0.2, -0.15) is 8.78 Å². The van der Waals surface area contributed by atoms with E-state index in [0.29, 0.717) is 11.8 Å². The zero-order valence-corrected chi connectivity index (χ0v) is 14.8. The van der Waals surface area contributed by atoms with Crippen LogP contribution in [0.15, 0.2) is 60.7 Å². The van der Waals surface area contributed by atoms with Crippen LogP contribution in [0.1, 0.15) is 20.7 Å². The fourth-order valence-corrected chi connectivity index (χ4v) is 3.74. The lowest BCUT2D eigenvalue weighted by Crippen LogP contribution is -2.44. The van der Waals surface area contributed by atoms with Crippen LogP contribution in [0.25, 0.3) is 0 Å². The number of hydrogen-bond acceptors (Lipinski definition) is 6. The van der Waals surface area contributed by atoms with Crippen molar-refractivity contribution in [2.45, 2.75) is 22.7 Å². The first kappa shape index (κ1) is 19.3. The quantitative estimate of drug-likeness (QED) is 0.786. The molecule has 0 aromatic heterocycles. The average Bonchev–Trinajstić information content (AvgIpc) is 2.90. The molecule has 0 spiro atoms. The highest BCUT2D eigenvalue weighted by Crippen LogP contribution is 2.46. The van der Waals surface area contributed by atoms with Crippen molar-refractivity contribution in [2.75, 3.05) is 6.61 Å². The van der Waals surface area contributed by atoms with Crippen molar-refractivity contribution >= 4 is 23.7 Å². The minimum Gasteiger partial charge on any atom is -0.461 e. The number of benzene rings is 2. The Labute approximate surface area is 158 Å². The molecule has 1 N–H and O–H groups in total. The summed E-state index contributed by atoms with van der Waals surface area (Å²) in [5.41, 5.74) is -1.68. The molecule has 5 nitrogen and oxygen atoms in total. The zero-order chi connectivity index (χ0) is 19.4. The Bertz CT molecular complexity index is 800. The first-order valence-electron chi connectivity index (χ1n) is 8.09. The van der Waals surface area contributed by atoms with Gasteiger partial charge in [0.1, 0.15) is 6.61 Å². The SMILES string of the molecule is O=C(OC[C@H]1SC(O)C(F)(F)[C@H]1OC(=O)c1ccccc1)c1ccccc1. The van der Waals surface area contributed by atoms with Gasteiger partial charge in [0.25, 0.3) is 0 Å². The van der Waals surface area contributed by atoms with E-state index in [9.17, 15) is 23.5 Å². The Morgan fingerprint density at radius 2 is 1.48 bits per heavy atom. The van der Waals surface area contributed by atoms with Crippen LogP contribution >= 0.6 is 11.8 Å². The van der Waals surface area contributed by atoms with Crippen LogP contribution in [0.4, 0.5) is 8.78 Å². The summed E-state index contributed by atoms with van der Waals surface area (Å²) in [5, 5.41) is 8.54. The van der Waals surface area contributed by atoms with Crippen LogP contribution in [0, 0.1) is 0 Å². The van der Waals surface area contributed by atoms with Crippen molar-refractivity contribution in [1.82, 2.24) is 0 Å². The number of hydrogen-bond donors (Lipinski definition) is 1. The molecule has 27 heavy (non-hydrogen) atoms. The van der Waals surface area contributed by atoms with E-state index in [4.69, 9.17) is 9.47 Å². The molecule has 1 saturated heterocycles. The fraction of sp³-hybridized carbons (Fsp3) is 0.263. The summed E-state index contributed by atoms with van der Waals surface area (Å²) in [5.74, 6) is -5.29. The highest BCUT2D eigenvalue weighted by Gasteiger charge is 2.60. The molecule has 0 bridgehead atoms. The summed E-state index contributed by atoms with van der Waals surface area (Å²) in [6.45, 7) is -0.433. The summed E-state index contributed by atoms with van der Waals surface area (Å²) < 4.78 is 38.6. The van der Waals surface area contributed by atoms with Crippen LogP contribution in [0.3, 0.4) is 0 Å². The monoisotopic (exact) mass is 394 g/mol. The molecule has 1 aliphatic rings. The Hall–Kier alpha value is -2.45. The number of thioether (sulfide) groups is 1. The minimum atomic E-state index is -3.67. The van der Waals surface area contributed by atoms with Gasteiger partial charge in [-0.15, -0.1) is 11.8 Å². The second-order valence-electron chi connectivity index (χ2n) is 5.86. The van der Waals surface area contributed by atoms with E-state index in [1.165, 1.54) is 24.3 Å². The molecule has 0 saturated carbocycles. The van der Waals surface area contributed by atoms with Gasteiger partial charge in [-0.1, -0.05) is 36.4 Å². The van der Waals surface area contributed by atoms with Gasteiger partial charge >= 0.3 is 17.9 Å². The third-order valence-electron chi connectivity index (χ3n) is 3.98. The number of halogens is 2. The standard InChI is InChI=1S/C19H16F2O5S/c20-19(21)15(26-17(23)13-9-5-2-6-10-13)14(27-18(19)24)11-25-16(22)12-7-3-1-4-8-12/h1-10,14-15,18,24H,11H2/t14-,15+,18?/m1/s1. The lowest BCUT2D eigenvalue weighted by atomic mass is 10.1. The number of aliphatic hydroxyl groups is 1. The second kappa shape index (κ2) is 8.06. The Morgan fingerprint density at radius 1 is 0.963 bits per heavy atom. The first-order valence-corrected chi connectivity index (χ1v) is 9.03. The van der Waals surface area contributed by atoms with E-state index in [-0.39, 0.29) is 11.1 Å². The molecular weight excluding hydrogens is 378 g/mol. The summed E-state index contributed by atoms with van der Waals surface area (Å²) in [4.78, 5) is 24.2. The molecule has 0 radical (unpaired) electrons. The molecule has 3 rings (SSSR count). The average molecular weight is 394 g/mol. The number of aliphatic hydroxyl groups excluding tert-OH is 1. The van der Waals surface area contributed by atoms with Crippen molar-refractivity contribution < 1.29 is 33.0 Å². The molecule has 1 heterocycles. The van der Waals surface area contributed by atoms with Gasteiger partial charge in [0.15, 0.2) is 11.5 Å². The van der Waals surface area contributed by atoms with Crippen molar-refractivity contribution in [3.63, 3.8) is 0 Å². The van der Waals surface area contributed by atoms with Gasteiger partial charge in [-0.25, -0.2) is 9.59 Å². The highest BCUT2D eigenvalue weighted by molar-refractivity contribution is 8.00. The molecule has 2 aromatic rings. The van der Waals surface area contributed by atoms with Gasteiger partial charge < -0.3 is 14.6 Å². The summed E-state index contributed by atoms with van der Waals surface area (Å²) in [7, 11) is 0. The molecule has 0 amide bonds. The number of alkyl halides is 2. The Kier molecular flexibility index (Phi) is 5.76. The molecular formula is C19H16F2O5S. The molecule has 1 fully saturated rings. The Balaban J connectivity index is 1.69. The topological polar surface area (TPSA) is 72.8 Å². The van der Waals surface area contributed by atoms with Gasteiger partial charge in [0, 0.05) is 0 Å². The van der Waals surface area contributed by atoms with Crippen molar-refractivity contribution in [2.24, 2.45) is 0 Å². The molecule has 1 aliphatic heterocycles. The number of esters is 2. The second-order valence-corrected chi connectivity index (χ2v) is 7.18. The normalized spacial score (nSPS) is 23.6. The maximum atomic E-state index is 14.3. The molecule has 2 aromatic carbocycles. The van der Waals surface area contributed by atoms with Gasteiger partial charge in [0.05, 0.1) is 16.4 Å². The van der Waals surface area contributed by atoms with E-state index >= 15 is 0 Å². The molecule has 3 atom stereocenters. The molecule has 142 valence electrons. The predicted molar refractivity (Wildman–Crippen MR) is 94.7 cm³/mol. The van der Waals surface area contributed by atoms with Crippen molar-refractivity contribution in [3.8, 4) is 0 Å². The summed E-state index contributed by atoms with van der Waals surface area (Å²) in [6.07, 6.45) is -1.92. The van der Waals surface area contributed by atoms with E-state index in [1.807, 2.05) is 0 Å². The highest BCUT2D eigenvalue weighted by atomic mass is 32.2. The van der Waals surface area contributed by atoms with E-state index in [1.54, 1.807) is 36.4 Å². The largest absolute Gasteiger partial charge is 0.461 e. The van der Waals surface area contributed by atoms with Crippen LogP contribution in [0.2, 0.25) is 0 Å². The van der Waals surface area contributed by atoms with Gasteiger partial charge in [-0.3, -0.25) is 0 Å². The number of carbonyl (C=O) groups excluding carboxylic acids is 2. The lowest BCUT2D eigenvalue weighted by molar-refractivity contribution is -0.142. The first-order chi connectivity index (χ1) is 12.9. The number of rotatable bonds is 5. The van der Waals surface area contributed by atoms with Crippen molar-refractivity contribution in [3.05, 3.63) is 71.8 Å². The molecule has 0 aliphatic carbocycles. The minimum absolute atomic E-state index is 0.111. The lowest BCUT2D eigenvalue weighted by Gasteiger charge is -2.24. The van der Waals surface area contributed by atoms with Gasteiger partial charge in [-0.05, 0) is 24.3 Å². The van der Waals surface area contributed by atoms with Crippen LogP contribution in [-0.2, 0) is 9.47 Å². The van der Waals surface area contributed by atoms with Crippen LogP contribution in [0.5, 0.6) is 0 Å². The third-order valence-corrected chi connectivity index (χ3v) is 5.29. The smallest absolute Gasteiger partial charge is 0.338 e. The number of ether oxygens (including phenoxy) is 2. The van der Waals surface area contributed by atoms with Crippen LogP contribution in [-0.4, -0.2) is 46.4 Å². The Morgan fingerprint density at radius 3 is 2.04 bits per heavy atom. The summed E-state index contributed by atoms with van der Waals surface area (Å²) >= 11 is 0.506. The van der Waals surface area contributed by atoms with E-state index < -0.39 is 41.3 Å². The number of carbonyl (C=O) groups is 2. The fourth-order valence-electron chi connectivity index (χ4n) is 2.57. The summed E-state index contributed by atoms with van der Waals surface area (Å²) in [6, 6.07) is 15.8. The molecule has 8 heteroatoms. The predicted octanol–water partition coefficient (Wildman–Crippen LogP) is 3.14. The van der Waals surface area contributed by atoms with E-state index in [0.717, 1.165) is 0 Å². The van der Waals surface area contributed by atoms with E-state index in [2.05, 4.69) is 0 Å². The maximum absolute atomic E-state index is 14.3. The van der Waals surface area contributed by atoms with Crippen LogP contribution < -0.4 is 0 Å². The molecule has 1 unspecified atom stereocenters.